The number of methoxy groups -OCH3 is 1. The van der Waals surface area contributed by atoms with Gasteiger partial charge in [-0.25, -0.2) is 0 Å². The maximum Gasteiger partial charge on any atom is 0.305 e. The maximum absolute atomic E-state index is 11.8. The molecule has 5 heteroatoms. The lowest BCUT2D eigenvalue weighted by atomic mass is 9.87. The van der Waals surface area contributed by atoms with E-state index in [0.717, 1.165) is 38.4 Å². The molecule has 23 heavy (non-hydrogen) atoms. The highest BCUT2D eigenvalue weighted by Gasteiger charge is 2.29. The van der Waals surface area contributed by atoms with Crippen LogP contribution in [-0.4, -0.2) is 49.6 Å². The summed E-state index contributed by atoms with van der Waals surface area (Å²) in [5, 5.41) is 3.70. The molecule has 1 saturated carbocycles. The number of nitrogens with zero attached hydrogens (tertiary/aromatic N) is 1. The van der Waals surface area contributed by atoms with Crippen molar-refractivity contribution in [2.24, 2.45) is 11.8 Å². The van der Waals surface area contributed by atoms with E-state index in [1.807, 2.05) is 4.90 Å². The molecular weight excluding hydrogens is 292 g/mol. The lowest BCUT2D eigenvalue weighted by molar-refractivity contribution is -0.141. The smallest absolute Gasteiger partial charge is 0.305 e. The van der Waals surface area contributed by atoms with Crippen molar-refractivity contribution in [2.75, 3.05) is 26.7 Å². The molecule has 0 spiro atoms. The summed E-state index contributed by atoms with van der Waals surface area (Å²) < 4.78 is 4.73. The Hall–Kier alpha value is -1.10. The van der Waals surface area contributed by atoms with Gasteiger partial charge in [-0.1, -0.05) is 19.3 Å². The van der Waals surface area contributed by atoms with Crippen LogP contribution in [0.5, 0.6) is 0 Å². The molecule has 1 amide bonds. The van der Waals surface area contributed by atoms with Gasteiger partial charge >= 0.3 is 5.97 Å². The summed E-state index contributed by atoms with van der Waals surface area (Å²) in [6, 6.07) is 0.359. The Balaban J connectivity index is 1.81. The van der Waals surface area contributed by atoms with Crippen LogP contribution in [-0.2, 0) is 14.3 Å². The third-order valence-corrected chi connectivity index (χ3v) is 5.39. The molecule has 0 bridgehead atoms. The SMILES string of the molecule is COC(=O)CCC1CC(NCC2CCCCC2)CN(C(C)=O)C1. The molecule has 1 heterocycles. The number of carbonyl (C=O) groups is 2. The van der Waals surface area contributed by atoms with Crippen molar-refractivity contribution in [3.05, 3.63) is 0 Å². The predicted molar refractivity (Wildman–Crippen MR) is 90.0 cm³/mol. The second kappa shape index (κ2) is 9.26. The second-order valence-electron chi connectivity index (χ2n) is 7.25. The fourth-order valence-corrected chi connectivity index (χ4v) is 3.97. The zero-order chi connectivity index (χ0) is 16.7. The summed E-state index contributed by atoms with van der Waals surface area (Å²) >= 11 is 0. The van der Waals surface area contributed by atoms with E-state index in [1.165, 1.54) is 39.2 Å². The molecular formula is C18H32N2O3. The van der Waals surface area contributed by atoms with E-state index < -0.39 is 0 Å². The van der Waals surface area contributed by atoms with Gasteiger partial charge in [-0.3, -0.25) is 9.59 Å². The number of amides is 1. The minimum absolute atomic E-state index is 0.136. The summed E-state index contributed by atoms with van der Waals surface area (Å²) in [5.74, 6) is 1.16. The van der Waals surface area contributed by atoms with Crippen molar-refractivity contribution < 1.29 is 14.3 Å². The van der Waals surface area contributed by atoms with E-state index in [1.54, 1.807) is 6.92 Å². The molecule has 1 N–H and O–H groups in total. The fraction of sp³-hybridized carbons (Fsp3) is 0.889. The Kier molecular flexibility index (Phi) is 7.34. The first kappa shape index (κ1) is 18.2. The maximum atomic E-state index is 11.8. The van der Waals surface area contributed by atoms with Crippen molar-refractivity contribution in [2.45, 2.75) is 64.3 Å². The van der Waals surface area contributed by atoms with Crippen LogP contribution in [0.15, 0.2) is 0 Å². The third-order valence-electron chi connectivity index (χ3n) is 5.39. The first-order valence-electron chi connectivity index (χ1n) is 9.14. The number of nitrogens with one attached hydrogen (secondary N) is 1. The van der Waals surface area contributed by atoms with Gasteiger partial charge in [0.2, 0.25) is 5.91 Å². The van der Waals surface area contributed by atoms with Gasteiger partial charge in [-0.2, -0.15) is 0 Å². The van der Waals surface area contributed by atoms with Crippen LogP contribution in [0, 0.1) is 11.8 Å². The summed E-state index contributed by atoms with van der Waals surface area (Å²) in [6.07, 6.45) is 9.07. The highest BCUT2D eigenvalue weighted by molar-refractivity contribution is 5.73. The third kappa shape index (κ3) is 6.13. The Labute approximate surface area is 140 Å². The quantitative estimate of drug-likeness (QED) is 0.762. The first-order chi connectivity index (χ1) is 11.1. The number of piperidine rings is 1. The molecule has 2 aliphatic rings. The van der Waals surface area contributed by atoms with E-state index in [0.29, 0.717) is 18.4 Å². The van der Waals surface area contributed by atoms with Crippen molar-refractivity contribution in [3.63, 3.8) is 0 Å². The Morgan fingerprint density at radius 3 is 2.52 bits per heavy atom. The highest BCUT2D eigenvalue weighted by Crippen LogP contribution is 2.25. The van der Waals surface area contributed by atoms with Crippen LogP contribution in [0.2, 0.25) is 0 Å². The molecule has 0 radical (unpaired) electrons. The molecule has 5 nitrogen and oxygen atoms in total. The van der Waals surface area contributed by atoms with Crippen LogP contribution in [0.4, 0.5) is 0 Å². The molecule has 1 aliphatic heterocycles. The van der Waals surface area contributed by atoms with Crippen molar-refractivity contribution in [3.8, 4) is 0 Å². The first-order valence-corrected chi connectivity index (χ1v) is 9.14. The number of hydrogen-bond acceptors (Lipinski definition) is 4. The summed E-state index contributed by atoms with van der Waals surface area (Å²) in [5.41, 5.74) is 0. The average Bonchev–Trinajstić information content (AvgIpc) is 2.58. The van der Waals surface area contributed by atoms with Gasteiger partial charge < -0.3 is 15.0 Å². The van der Waals surface area contributed by atoms with Gasteiger partial charge in [0.05, 0.1) is 7.11 Å². The summed E-state index contributed by atoms with van der Waals surface area (Å²) in [4.78, 5) is 25.1. The monoisotopic (exact) mass is 324 g/mol. The highest BCUT2D eigenvalue weighted by atomic mass is 16.5. The van der Waals surface area contributed by atoms with Crippen molar-refractivity contribution in [1.29, 1.82) is 0 Å². The Bertz CT molecular complexity index is 394. The molecule has 0 aromatic heterocycles. The molecule has 2 atom stereocenters. The standard InChI is InChI=1S/C18H32N2O3/c1-14(21)20-12-16(8-9-18(22)23-2)10-17(13-20)19-11-15-6-4-3-5-7-15/h15-17,19H,3-13H2,1-2H3. The number of ether oxygens (including phenoxy) is 1. The number of carbonyl (C=O) groups excluding carboxylic acids is 2. The van der Waals surface area contributed by atoms with E-state index >= 15 is 0 Å². The molecule has 2 rings (SSSR count). The number of likely N-dealkylation sites (tertiary alicyclic amines) is 1. The van der Waals surface area contributed by atoms with Gasteiger partial charge in [0.15, 0.2) is 0 Å². The van der Waals surface area contributed by atoms with Crippen LogP contribution in [0.25, 0.3) is 0 Å². The predicted octanol–water partition coefficient (Wildman–Crippen LogP) is 2.35. The topological polar surface area (TPSA) is 58.6 Å². The molecule has 1 aliphatic carbocycles. The number of hydrogen-bond donors (Lipinski definition) is 1. The Morgan fingerprint density at radius 2 is 1.87 bits per heavy atom. The van der Waals surface area contributed by atoms with Crippen molar-refractivity contribution >= 4 is 11.9 Å². The van der Waals surface area contributed by atoms with Crippen LogP contribution >= 0.6 is 0 Å². The zero-order valence-electron chi connectivity index (χ0n) is 14.7. The van der Waals surface area contributed by atoms with Gasteiger partial charge in [-0.05, 0) is 44.1 Å². The molecule has 2 unspecified atom stereocenters. The second-order valence-corrected chi connectivity index (χ2v) is 7.25. The molecule has 132 valence electrons. The molecule has 2 fully saturated rings. The summed E-state index contributed by atoms with van der Waals surface area (Å²) in [7, 11) is 1.43. The minimum Gasteiger partial charge on any atom is -0.469 e. The van der Waals surface area contributed by atoms with Gasteiger partial charge in [-0.15, -0.1) is 0 Å². The van der Waals surface area contributed by atoms with Gasteiger partial charge in [0.1, 0.15) is 0 Å². The van der Waals surface area contributed by atoms with Crippen LogP contribution < -0.4 is 5.32 Å². The van der Waals surface area contributed by atoms with Crippen LogP contribution in [0.3, 0.4) is 0 Å². The van der Waals surface area contributed by atoms with Gasteiger partial charge in [0, 0.05) is 32.5 Å². The van der Waals surface area contributed by atoms with E-state index in [9.17, 15) is 9.59 Å². The molecule has 0 aromatic rings. The number of esters is 1. The number of rotatable bonds is 6. The normalized spacial score (nSPS) is 26.1. The summed E-state index contributed by atoms with van der Waals surface area (Å²) in [6.45, 7) is 4.28. The fourth-order valence-electron chi connectivity index (χ4n) is 3.97. The average molecular weight is 324 g/mol. The lowest BCUT2D eigenvalue weighted by Crippen LogP contribution is -2.51. The van der Waals surface area contributed by atoms with E-state index in [4.69, 9.17) is 4.74 Å². The van der Waals surface area contributed by atoms with Gasteiger partial charge in [0.25, 0.3) is 0 Å². The lowest BCUT2D eigenvalue weighted by Gasteiger charge is -2.38. The van der Waals surface area contributed by atoms with Crippen LogP contribution in [0.1, 0.15) is 58.3 Å². The van der Waals surface area contributed by atoms with E-state index in [2.05, 4.69) is 5.32 Å². The van der Waals surface area contributed by atoms with Crippen molar-refractivity contribution in [1.82, 2.24) is 10.2 Å². The Morgan fingerprint density at radius 1 is 1.13 bits per heavy atom. The van der Waals surface area contributed by atoms with E-state index in [-0.39, 0.29) is 11.9 Å². The molecule has 1 saturated heterocycles. The molecule has 0 aromatic carbocycles. The minimum atomic E-state index is -0.156. The largest absolute Gasteiger partial charge is 0.469 e. The zero-order valence-corrected chi connectivity index (χ0v) is 14.7.